The fraction of sp³-hybridized carbons (Fsp3) is 0.241. The summed E-state index contributed by atoms with van der Waals surface area (Å²) in [5, 5.41) is 3.07. The van der Waals surface area contributed by atoms with Gasteiger partial charge in [-0.3, -0.25) is 9.30 Å². The molecule has 1 aliphatic heterocycles. The monoisotopic (exact) mass is 511 g/mol. The predicted octanol–water partition coefficient (Wildman–Crippen LogP) is 5.88. The van der Waals surface area contributed by atoms with Crippen molar-refractivity contribution in [3.63, 3.8) is 0 Å². The summed E-state index contributed by atoms with van der Waals surface area (Å²) in [6, 6.07) is 24.4. The highest BCUT2D eigenvalue weighted by molar-refractivity contribution is 7.23. The maximum absolute atomic E-state index is 12.9. The van der Waals surface area contributed by atoms with Gasteiger partial charge in [0.25, 0.3) is 0 Å². The van der Waals surface area contributed by atoms with Crippen LogP contribution in [-0.2, 0) is 6.54 Å². The number of urea groups is 1. The van der Waals surface area contributed by atoms with Gasteiger partial charge in [0, 0.05) is 44.0 Å². The van der Waals surface area contributed by atoms with Gasteiger partial charge in [-0.25, -0.2) is 9.78 Å². The highest BCUT2D eigenvalue weighted by atomic mass is 32.1. The third-order valence-corrected chi connectivity index (χ3v) is 8.02. The van der Waals surface area contributed by atoms with Gasteiger partial charge in [0.05, 0.1) is 28.7 Å². The number of hydrogen-bond acceptors (Lipinski definition) is 5. The Morgan fingerprint density at radius 3 is 2.51 bits per heavy atom. The summed E-state index contributed by atoms with van der Waals surface area (Å²) in [5.74, 6) is 0.849. The number of anilines is 1. The van der Waals surface area contributed by atoms with Crippen molar-refractivity contribution in [3.05, 3.63) is 84.1 Å². The summed E-state index contributed by atoms with van der Waals surface area (Å²) < 4.78 is 8.89. The lowest BCUT2D eigenvalue weighted by atomic mass is 10.1. The molecule has 0 atom stereocenters. The van der Waals surface area contributed by atoms with Crippen LogP contribution in [0.2, 0.25) is 0 Å². The zero-order valence-corrected chi connectivity index (χ0v) is 21.8. The number of nitrogens with one attached hydrogen (secondary N) is 1. The third kappa shape index (κ3) is 4.54. The number of nitrogens with zero attached hydrogens (tertiary/aromatic N) is 4. The Hall–Kier alpha value is -3.88. The smallest absolute Gasteiger partial charge is 0.321 e. The fourth-order valence-electron chi connectivity index (χ4n) is 4.94. The Balaban J connectivity index is 1.25. The molecule has 2 aromatic heterocycles. The van der Waals surface area contributed by atoms with E-state index in [1.807, 2.05) is 48.2 Å². The Labute approximate surface area is 219 Å². The first-order valence-electron chi connectivity index (χ1n) is 12.5. The zero-order chi connectivity index (χ0) is 25.4. The molecule has 1 aliphatic rings. The number of aryl methyl sites for hydroxylation is 1. The summed E-state index contributed by atoms with van der Waals surface area (Å²) in [7, 11) is 1.69. The normalized spacial score (nSPS) is 14.4. The Bertz CT molecular complexity index is 1570. The van der Waals surface area contributed by atoms with Gasteiger partial charge in [-0.1, -0.05) is 59.9 Å². The fourth-order valence-corrected chi connectivity index (χ4v) is 6.01. The Morgan fingerprint density at radius 2 is 1.76 bits per heavy atom. The van der Waals surface area contributed by atoms with Crippen molar-refractivity contribution in [1.82, 2.24) is 19.2 Å². The lowest BCUT2D eigenvalue weighted by molar-refractivity contribution is 0.142. The SMILES string of the molecule is COc1ccc2c(c1)sc1nc(-c3ccccc3)c(CN3CCN(C(=O)Nc4ccccc4C)CC3)n12. The quantitative estimate of drug-likeness (QED) is 0.320. The number of carbonyl (C=O) groups excluding carboxylic acids is 1. The van der Waals surface area contributed by atoms with E-state index in [0.29, 0.717) is 13.1 Å². The van der Waals surface area contributed by atoms with Crippen LogP contribution in [0.15, 0.2) is 72.8 Å². The van der Waals surface area contributed by atoms with Gasteiger partial charge in [-0.2, -0.15) is 0 Å². The molecule has 2 amide bonds. The molecule has 0 bridgehead atoms. The molecule has 3 heterocycles. The Kier molecular flexibility index (Phi) is 6.28. The van der Waals surface area contributed by atoms with Crippen LogP contribution in [0.25, 0.3) is 26.4 Å². The van der Waals surface area contributed by atoms with E-state index in [2.05, 4.69) is 51.0 Å². The molecule has 1 N–H and O–H groups in total. The summed E-state index contributed by atoms with van der Waals surface area (Å²) in [4.78, 5) is 23.3. The number of imidazole rings is 1. The van der Waals surface area contributed by atoms with Gasteiger partial charge in [0.15, 0.2) is 4.96 Å². The first-order chi connectivity index (χ1) is 18.1. The molecule has 8 heteroatoms. The molecule has 188 valence electrons. The third-order valence-electron chi connectivity index (χ3n) is 7.02. The number of thiazole rings is 1. The van der Waals surface area contributed by atoms with Crippen LogP contribution >= 0.6 is 11.3 Å². The molecule has 6 rings (SSSR count). The van der Waals surface area contributed by atoms with Crippen LogP contribution in [-0.4, -0.2) is 58.5 Å². The first-order valence-corrected chi connectivity index (χ1v) is 13.3. The van der Waals surface area contributed by atoms with Crippen LogP contribution in [0, 0.1) is 6.92 Å². The first kappa shape index (κ1) is 23.5. The van der Waals surface area contributed by atoms with Crippen molar-refractivity contribution < 1.29 is 9.53 Å². The number of fused-ring (bicyclic) bond motifs is 3. The van der Waals surface area contributed by atoms with Crippen LogP contribution < -0.4 is 10.1 Å². The summed E-state index contributed by atoms with van der Waals surface area (Å²) in [6.07, 6.45) is 0. The number of piperazine rings is 1. The second-order valence-corrected chi connectivity index (χ2v) is 10.3. The molecule has 37 heavy (non-hydrogen) atoms. The number of hydrogen-bond donors (Lipinski definition) is 1. The largest absolute Gasteiger partial charge is 0.497 e. The van der Waals surface area contributed by atoms with Crippen LogP contribution in [0.3, 0.4) is 0 Å². The number of rotatable bonds is 5. The topological polar surface area (TPSA) is 62.1 Å². The van der Waals surface area contributed by atoms with Crippen molar-refractivity contribution in [2.75, 3.05) is 38.6 Å². The number of benzene rings is 3. The maximum Gasteiger partial charge on any atom is 0.321 e. The summed E-state index contributed by atoms with van der Waals surface area (Å²) >= 11 is 1.68. The van der Waals surface area contributed by atoms with Gasteiger partial charge < -0.3 is 15.0 Å². The number of methoxy groups -OCH3 is 1. The van der Waals surface area contributed by atoms with E-state index in [-0.39, 0.29) is 6.03 Å². The van der Waals surface area contributed by atoms with Crippen molar-refractivity contribution in [2.45, 2.75) is 13.5 Å². The maximum atomic E-state index is 12.9. The highest BCUT2D eigenvalue weighted by Crippen LogP contribution is 2.35. The van der Waals surface area contributed by atoms with Gasteiger partial charge in [0.2, 0.25) is 0 Å². The molecule has 1 saturated heterocycles. The molecule has 0 saturated carbocycles. The molecule has 7 nitrogen and oxygen atoms in total. The van der Waals surface area contributed by atoms with Gasteiger partial charge in [-0.05, 0) is 36.8 Å². The van der Waals surface area contributed by atoms with E-state index in [1.165, 1.54) is 5.69 Å². The average Bonchev–Trinajstić information content (AvgIpc) is 3.46. The minimum Gasteiger partial charge on any atom is -0.497 e. The van der Waals surface area contributed by atoms with E-state index in [0.717, 1.165) is 63.1 Å². The molecule has 0 unspecified atom stereocenters. The minimum absolute atomic E-state index is 0.0385. The number of para-hydroxylation sites is 1. The van der Waals surface area contributed by atoms with Crippen molar-refractivity contribution in [2.24, 2.45) is 0 Å². The van der Waals surface area contributed by atoms with E-state index < -0.39 is 0 Å². The van der Waals surface area contributed by atoms with Crippen LogP contribution in [0.1, 0.15) is 11.3 Å². The zero-order valence-electron chi connectivity index (χ0n) is 21.0. The summed E-state index contributed by atoms with van der Waals surface area (Å²) in [6.45, 7) is 5.74. The van der Waals surface area contributed by atoms with Crippen molar-refractivity contribution >= 4 is 38.2 Å². The average molecular weight is 512 g/mol. The van der Waals surface area contributed by atoms with Crippen molar-refractivity contribution in [3.8, 4) is 17.0 Å². The number of amides is 2. The molecule has 1 fully saturated rings. The standard InChI is InChI=1S/C29H29N5O2S/c1-20-8-6-7-11-23(20)30-28(35)33-16-14-32(15-17-33)19-25-27(21-9-4-3-5-10-21)31-29-34(25)24-13-12-22(36-2)18-26(24)37-29/h3-13,18H,14-17,19H2,1-2H3,(H,30,35). The number of carbonyl (C=O) groups is 1. The molecule has 0 radical (unpaired) electrons. The lowest BCUT2D eigenvalue weighted by Gasteiger charge is -2.34. The molecule has 5 aromatic rings. The molecule has 0 spiro atoms. The number of aromatic nitrogens is 2. The van der Waals surface area contributed by atoms with Gasteiger partial charge in [0.1, 0.15) is 5.75 Å². The van der Waals surface area contributed by atoms with E-state index in [9.17, 15) is 4.79 Å². The number of ether oxygens (including phenoxy) is 1. The molecule has 3 aromatic carbocycles. The van der Waals surface area contributed by atoms with Crippen LogP contribution in [0.5, 0.6) is 5.75 Å². The summed E-state index contributed by atoms with van der Waals surface area (Å²) in [5.41, 5.74) is 6.38. The van der Waals surface area contributed by atoms with E-state index >= 15 is 0 Å². The van der Waals surface area contributed by atoms with E-state index in [4.69, 9.17) is 9.72 Å². The van der Waals surface area contributed by atoms with Crippen molar-refractivity contribution in [1.29, 1.82) is 0 Å². The molecular weight excluding hydrogens is 482 g/mol. The predicted molar refractivity (Wildman–Crippen MR) is 150 cm³/mol. The minimum atomic E-state index is -0.0385. The van der Waals surface area contributed by atoms with Crippen LogP contribution in [0.4, 0.5) is 10.5 Å². The molecule has 0 aliphatic carbocycles. The Morgan fingerprint density at radius 1 is 1.00 bits per heavy atom. The second kappa shape index (κ2) is 9.88. The van der Waals surface area contributed by atoms with Gasteiger partial charge >= 0.3 is 6.03 Å². The molecular formula is C29H29N5O2S. The van der Waals surface area contributed by atoms with E-state index in [1.54, 1.807) is 18.4 Å². The highest BCUT2D eigenvalue weighted by Gasteiger charge is 2.25. The second-order valence-electron chi connectivity index (χ2n) is 9.34. The van der Waals surface area contributed by atoms with Gasteiger partial charge in [-0.15, -0.1) is 0 Å². The lowest BCUT2D eigenvalue weighted by Crippen LogP contribution is -2.49.